The lowest BCUT2D eigenvalue weighted by Gasteiger charge is -2.30. The van der Waals surface area contributed by atoms with Crippen molar-refractivity contribution < 1.29 is 77.1 Å². The van der Waals surface area contributed by atoms with E-state index in [1.165, 1.54) is 18.2 Å². The van der Waals surface area contributed by atoms with Crippen LogP contribution in [0.4, 0.5) is 5.69 Å². The quantitative estimate of drug-likeness (QED) is 0.0439. The Morgan fingerprint density at radius 2 is 1.45 bits per heavy atom. The van der Waals surface area contributed by atoms with Crippen molar-refractivity contribution in [3.05, 3.63) is 82.6 Å². The van der Waals surface area contributed by atoms with E-state index in [0.29, 0.717) is 106 Å². The molecule has 2 unspecified atom stereocenters. The first-order chi connectivity index (χ1) is 30.0. The fraction of sp³-hybridized carbons (Fsp3) is 0.581. The molecule has 1 aromatic carbocycles. The summed E-state index contributed by atoms with van der Waals surface area (Å²) in [5.74, 6) is -1.48. The molecule has 18 nitrogen and oxygen atoms in total. The molecule has 2 aliphatic rings. The van der Waals surface area contributed by atoms with E-state index in [-0.39, 0.29) is 44.0 Å². The number of unbranched alkanes of at least 4 members (excludes halogenated alkanes) is 2. The predicted octanol–water partition coefficient (Wildman–Crippen LogP) is 5.20. The van der Waals surface area contributed by atoms with E-state index in [1.54, 1.807) is 33.3 Å². The first-order valence-electron chi connectivity index (χ1n) is 20.9. The van der Waals surface area contributed by atoms with Crippen LogP contribution in [-0.4, -0.2) is 146 Å². The number of fused-ring (bicyclic) bond motifs is 1. The molecule has 0 saturated heterocycles. The topological polar surface area (TPSA) is 253 Å². The predicted molar refractivity (Wildman–Crippen MR) is 242 cm³/mol. The van der Waals surface area contributed by atoms with Crippen LogP contribution >= 0.6 is 0 Å². The van der Waals surface area contributed by atoms with Gasteiger partial charge in [0.15, 0.2) is 12.3 Å². The van der Waals surface area contributed by atoms with E-state index >= 15 is 0 Å². The molecule has 4 N–H and O–H groups in total. The minimum atomic E-state index is -4.67. The van der Waals surface area contributed by atoms with Gasteiger partial charge in [0.1, 0.15) is 6.61 Å². The molecule has 0 amide bonds. The van der Waals surface area contributed by atoms with E-state index in [2.05, 4.69) is 6.58 Å². The maximum absolute atomic E-state index is 12.4. The van der Waals surface area contributed by atoms with Crippen LogP contribution in [0.2, 0.25) is 0 Å². The van der Waals surface area contributed by atoms with E-state index in [0.717, 1.165) is 0 Å². The van der Waals surface area contributed by atoms with Gasteiger partial charge in [-0.3, -0.25) is 18.5 Å². The number of carboxylic acids is 1. The largest absolute Gasteiger partial charge is 0.481 e. The van der Waals surface area contributed by atoms with E-state index in [4.69, 9.17) is 23.7 Å². The Kier molecular flexibility index (Phi) is 21.2. The van der Waals surface area contributed by atoms with Gasteiger partial charge in [0.25, 0.3) is 30.4 Å². The number of carbonyl (C=O) groups is 1. The van der Waals surface area contributed by atoms with E-state index in [9.17, 15) is 48.8 Å². The summed E-state index contributed by atoms with van der Waals surface area (Å²) in [6.45, 7) is 12.6. The second kappa shape index (κ2) is 24.8. The lowest BCUT2D eigenvalue weighted by atomic mass is 9.75. The van der Waals surface area contributed by atoms with Crippen molar-refractivity contribution in [1.82, 2.24) is 0 Å². The van der Waals surface area contributed by atoms with E-state index in [1.807, 2.05) is 41.6 Å². The molecular formula is C43H65N2O16S3+. The van der Waals surface area contributed by atoms with Gasteiger partial charge in [0.2, 0.25) is 5.70 Å². The van der Waals surface area contributed by atoms with Crippen molar-refractivity contribution in [2.24, 2.45) is 5.41 Å². The number of hydrogen-bond acceptors (Lipinski definition) is 13. The number of hydrogen-bond donors (Lipinski definition) is 4. The zero-order valence-electron chi connectivity index (χ0n) is 37.4. The molecule has 3 rings (SSSR count). The summed E-state index contributed by atoms with van der Waals surface area (Å²) < 4.78 is 132. The SMILES string of the molecule is C=C(C=C1C(=CC)[N+](CCOC)=C(C=CC=C2N(CCCCCC(=O)O)c3ccc(S(=O)(=O)O)cc3C2(C)CCCS(=O)(=O)O)C1(C)CCOCCOCCOCCOC)S(=O)(=O)O. The summed E-state index contributed by atoms with van der Waals surface area (Å²) in [5, 5.41) is 9.20. The Bertz CT molecular complexity index is 2280. The molecule has 0 spiro atoms. The molecule has 0 aromatic heterocycles. The lowest BCUT2D eigenvalue weighted by Crippen LogP contribution is -2.31. The summed E-state index contributed by atoms with van der Waals surface area (Å²) in [6, 6.07) is 4.20. The van der Waals surface area contributed by atoms with Gasteiger partial charge in [-0.1, -0.05) is 19.1 Å². The van der Waals surface area contributed by atoms with Crippen molar-refractivity contribution in [1.29, 1.82) is 0 Å². The number of nitrogens with zero attached hydrogens (tertiary/aromatic N) is 2. The monoisotopic (exact) mass is 961 g/mol. The maximum Gasteiger partial charge on any atom is 0.303 e. The fourth-order valence-electron chi connectivity index (χ4n) is 7.95. The molecule has 0 fully saturated rings. The van der Waals surface area contributed by atoms with Gasteiger partial charge in [-0.25, -0.2) is 0 Å². The summed E-state index contributed by atoms with van der Waals surface area (Å²) in [6.07, 6.45) is 10.6. The number of ether oxygens (including phenoxy) is 5. The van der Waals surface area contributed by atoms with Crippen LogP contribution in [0.25, 0.3) is 0 Å². The molecule has 0 radical (unpaired) electrons. The van der Waals surface area contributed by atoms with E-state index < -0.39 is 57.8 Å². The Labute approximate surface area is 378 Å². The molecule has 1 aromatic rings. The highest BCUT2D eigenvalue weighted by Crippen LogP contribution is 2.51. The molecule has 2 heterocycles. The molecule has 2 atom stereocenters. The maximum atomic E-state index is 12.4. The summed E-state index contributed by atoms with van der Waals surface area (Å²) in [7, 11) is -10.5. The van der Waals surface area contributed by atoms with Crippen LogP contribution < -0.4 is 4.90 Å². The van der Waals surface area contributed by atoms with Crippen LogP contribution in [0, 0.1) is 5.41 Å². The highest BCUT2D eigenvalue weighted by Gasteiger charge is 2.50. The van der Waals surface area contributed by atoms with Gasteiger partial charge in [-0.15, -0.1) is 0 Å². The van der Waals surface area contributed by atoms with Crippen molar-refractivity contribution in [2.45, 2.75) is 76.0 Å². The molecule has 2 aliphatic heterocycles. The van der Waals surface area contributed by atoms with Crippen molar-refractivity contribution in [2.75, 3.05) is 90.8 Å². The molecule has 0 aliphatic carbocycles. The summed E-state index contributed by atoms with van der Waals surface area (Å²) >= 11 is 0. The third-order valence-electron chi connectivity index (χ3n) is 11.2. The van der Waals surface area contributed by atoms with Gasteiger partial charge < -0.3 is 33.7 Å². The second-order valence-electron chi connectivity index (χ2n) is 15.8. The lowest BCUT2D eigenvalue weighted by molar-refractivity contribution is -0.471. The number of allylic oxidation sites excluding steroid dienone is 7. The molecule has 360 valence electrons. The third-order valence-corrected chi connectivity index (χ3v) is 13.7. The smallest absolute Gasteiger partial charge is 0.303 e. The normalized spacial score (nSPS) is 21.3. The number of anilines is 1. The molecule has 21 heteroatoms. The summed E-state index contributed by atoms with van der Waals surface area (Å²) in [4.78, 5) is 12.3. The number of rotatable bonds is 30. The van der Waals surface area contributed by atoms with Crippen LogP contribution in [0.5, 0.6) is 0 Å². The molecule has 0 bridgehead atoms. The number of benzene rings is 1. The molecule has 0 saturated carbocycles. The number of aliphatic carboxylic acids is 1. The van der Waals surface area contributed by atoms with Crippen LogP contribution in [0.1, 0.15) is 71.3 Å². The van der Waals surface area contributed by atoms with Gasteiger partial charge in [0.05, 0.1) is 60.6 Å². The van der Waals surface area contributed by atoms with Gasteiger partial charge >= 0.3 is 5.97 Å². The molecule has 64 heavy (non-hydrogen) atoms. The Morgan fingerprint density at radius 1 is 0.828 bits per heavy atom. The standard InChI is InChI=1S/C43H64N2O16S3/c1-7-37-35(31-33(2)63(51,52)53)43(4,19-22-59-26-27-61-29-28-60-25-24-58-6)40(45(37)21-23-57-5)14-11-13-39-42(3,18-12-30-62(48,49)50)36-32-34(64(54,55)56)16-17-38(36)44(39)20-10-8-9-15-41(46)47/h7,11,13-14,16-17,31-32H,2,8-10,12,15,18-30H2,1,3-6H3,(H3-,46,47,48,49,50,51,52,53,54,55,56)/p+1. The zero-order chi connectivity index (χ0) is 47.8. The fourth-order valence-corrected chi connectivity index (χ4v) is 9.23. The highest BCUT2D eigenvalue weighted by atomic mass is 32.2. The van der Waals surface area contributed by atoms with Crippen molar-refractivity contribution >= 4 is 47.7 Å². The minimum Gasteiger partial charge on any atom is -0.481 e. The minimum absolute atomic E-state index is 0.0116. The second-order valence-corrected chi connectivity index (χ2v) is 20.2. The third kappa shape index (κ3) is 15.5. The Morgan fingerprint density at radius 3 is 2.02 bits per heavy atom. The van der Waals surface area contributed by atoms with Gasteiger partial charge in [-0.2, -0.15) is 29.8 Å². The first kappa shape index (κ1) is 54.7. The van der Waals surface area contributed by atoms with Crippen molar-refractivity contribution in [3.8, 4) is 0 Å². The number of carboxylic acid groups (broad SMARTS) is 1. The van der Waals surface area contributed by atoms with Crippen molar-refractivity contribution in [3.63, 3.8) is 0 Å². The number of methoxy groups -OCH3 is 2. The first-order valence-corrected chi connectivity index (χ1v) is 25.4. The van der Waals surface area contributed by atoms with Gasteiger partial charge in [0, 0.05) is 62.2 Å². The molecular weight excluding hydrogens is 897 g/mol. The summed E-state index contributed by atoms with van der Waals surface area (Å²) in [5.41, 5.74) is 1.59. The van der Waals surface area contributed by atoms with Crippen LogP contribution in [0.3, 0.4) is 0 Å². The van der Waals surface area contributed by atoms with Crippen LogP contribution in [0.15, 0.2) is 81.9 Å². The Balaban J connectivity index is 2.18. The average molecular weight is 962 g/mol. The highest BCUT2D eigenvalue weighted by molar-refractivity contribution is 7.90. The zero-order valence-corrected chi connectivity index (χ0v) is 39.8. The Hall–Kier alpha value is -3.61. The van der Waals surface area contributed by atoms with Gasteiger partial charge in [-0.05, 0) is 94.9 Å². The average Bonchev–Trinajstić information content (AvgIpc) is 3.56. The van der Waals surface area contributed by atoms with Crippen LogP contribution in [-0.2, 0) is 64.2 Å².